The average molecular weight is 353 g/mol. The quantitative estimate of drug-likeness (QED) is 0.695. The first-order valence-electron chi connectivity index (χ1n) is 8.10. The van der Waals surface area contributed by atoms with E-state index in [4.69, 9.17) is 25.4 Å². The number of carboxylic acid groups (broad SMARTS) is 2. The second kappa shape index (κ2) is 15.3. The molecule has 1 aromatic carbocycles. The summed E-state index contributed by atoms with van der Waals surface area (Å²) in [6.45, 7) is 4.29. The predicted molar refractivity (Wildman–Crippen MR) is 94.0 cm³/mol. The van der Waals surface area contributed by atoms with E-state index in [0.29, 0.717) is 18.7 Å². The van der Waals surface area contributed by atoms with Crippen molar-refractivity contribution in [3.63, 3.8) is 0 Å². The molecule has 0 aromatic heterocycles. The molecule has 0 amide bonds. The van der Waals surface area contributed by atoms with Gasteiger partial charge in [0, 0.05) is 31.9 Å². The van der Waals surface area contributed by atoms with Crippen molar-refractivity contribution in [3.8, 4) is 0 Å². The van der Waals surface area contributed by atoms with E-state index in [9.17, 15) is 9.59 Å². The number of benzene rings is 1. The molecule has 1 atom stereocenters. The third-order valence-corrected chi connectivity index (χ3v) is 2.94. The number of ether oxygens (including phenoxy) is 2. The Kier molecular flexibility index (Phi) is 14.0. The van der Waals surface area contributed by atoms with Gasteiger partial charge in [-0.2, -0.15) is 0 Å². The molecule has 25 heavy (non-hydrogen) atoms. The summed E-state index contributed by atoms with van der Waals surface area (Å²) in [4.78, 5) is 19.1. The van der Waals surface area contributed by atoms with E-state index < -0.39 is 11.9 Å². The topological polar surface area (TPSA) is 119 Å². The lowest BCUT2D eigenvalue weighted by atomic mass is 10.2. The van der Waals surface area contributed by atoms with Gasteiger partial charge in [-0.3, -0.25) is 0 Å². The standard InChI is InChI=1S/C7H9N.C7H14O2.C4H4O4/c8-6-7-4-2-1-3-5-7;1-2-8-7-5-3-4-6-9-7;5-3(6)1-2-4(7)8/h1-5H,6,8H2;7H,2-6H2,1H3;1-2H,(H,5,6)(H,7,8). The summed E-state index contributed by atoms with van der Waals surface area (Å²) in [6.07, 6.45) is 4.75. The number of nitrogens with two attached hydrogens (primary N) is 1. The van der Waals surface area contributed by atoms with Crippen LogP contribution in [0.4, 0.5) is 0 Å². The molecular formula is C18H27NO6. The highest BCUT2D eigenvalue weighted by Crippen LogP contribution is 2.12. The van der Waals surface area contributed by atoms with Crippen LogP contribution in [0.1, 0.15) is 31.7 Å². The van der Waals surface area contributed by atoms with Crippen LogP contribution in [-0.4, -0.2) is 41.7 Å². The molecular weight excluding hydrogens is 326 g/mol. The second-order valence-electron chi connectivity index (χ2n) is 4.95. The maximum atomic E-state index is 9.55. The summed E-state index contributed by atoms with van der Waals surface area (Å²) in [5, 5.41) is 15.6. The van der Waals surface area contributed by atoms with E-state index in [2.05, 4.69) is 0 Å². The normalized spacial score (nSPS) is 16.2. The van der Waals surface area contributed by atoms with Crippen LogP contribution in [0.2, 0.25) is 0 Å². The summed E-state index contributed by atoms with van der Waals surface area (Å²) >= 11 is 0. The smallest absolute Gasteiger partial charge is 0.328 e. The van der Waals surface area contributed by atoms with Crippen LogP contribution in [0.15, 0.2) is 42.5 Å². The van der Waals surface area contributed by atoms with Gasteiger partial charge in [0.05, 0.1) is 0 Å². The molecule has 1 fully saturated rings. The molecule has 1 aliphatic heterocycles. The van der Waals surface area contributed by atoms with Crippen LogP contribution >= 0.6 is 0 Å². The average Bonchev–Trinajstić information content (AvgIpc) is 2.63. The van der Waals surface area contributed by atoms with E-state index in [1.54, 1.807) is 0 Å². The molecule has 0 radical (unpaired) electrons. The fourth-order valence-electron chi connectivity index (χ4n) is 1.79. The summed E-state index contributed by atoms with van der Waals surface area (Å²) in [7, 11) is 0. The fourth-order valence-corrected chi connectivity index (χ4v) is 1.79. The van der Waals surface area contributed by atoms with Gasteiger partial charge in [-0.1, -0.05) is 30.3 Å². The molecule has 140 valence electrons. The van der Waals surface area contributed by atoms with Gasteiger partial charge in [0.25, 0.3) is 0 Å². The zero-order chi connectivity index (χ0) is 18.9. The maximum Gasteiger partial charge on any atom is 0.328 e. The molecule has 2 rings (SSSR count). The van der Waals surface area contributed by atoms with Gasteiger partial charge in [-0.25, -0.2) is 9.59 Å². The van der Waals surface area contributed by atoms with E-state index in [0.717, 1.165) is 19.6 Å². The van der Waals surface area contributed by atoms with E-state index >= 15 is 0 Å². The third-order valence-electron chi connectivity index (χ3n) is 2.94. The Bertz CT molecular complexity index is 479. The molecule has 0 bridgehead atoms. The van der Waals surface area contributed by atoms with Crippen molar-refractivity contribution in [1.82, 2.24) is 0 Å². The monoisotopic (exact) mass is 353 g/mol. The highest BCUT2D eigenvalue weighted by molar-refractivity contribution is 5.89. The lowest BCUT2D eigenvalue weighted by Crippen LogP contribution is -2.21. The first-order valence-corrected chi connectivity index (χ1v) is 8.10. The number of hydrogen-bond donors (Lipinski definition) is 3. The van der Waals surface area contributed by atoms with Crippen LogP contribution in [-0.2, 0) is 25.6 Å². The van der Waals surface area contributed by atoms with Gasteiger partial charge in [-0.15, -0.1) is 0 Å². The van der Waals surface area contributed by atoms with Crippen molar-refractivity contribution in [2.24, 2.45) is 5.73 Å². The zero-order valence-corrected chi connectivity index (χ0v) is 14.5. The van der Waals surface area contributed by atoms with Gasteiger partial charge in [0.1, 0.15) is 0 Å². The Morgan fingerprint density at radius 1 is 1.20 bits per heavy atom. The molecule has 7 nitrogen and oxygen atoms in total. The first-order chi connectivity index (χ1) is 12.0. The van der Waals surface area contributed by atoms with Crippen LogP contribution in [0.25, 0.3) is 0 Å². The van der Waals surface area contributed by atoms with E-state index in [1.807, 2.05) is 37.3 Å². The summed E-state index contributed by atoms with van der Waals surface area (Å²) in [6, 6.07) is 9.99. The first kappa shape index (κ1) is 22.8. The Morgan fingerprint density at radius 2 is 1.80 bits per heavy atom. The molecule has 7 heteroatoms. The van der Waals surface area contributed by atoms with Gasteiger partial charge in [0.15, 0.2) is 6.29 Å². The largest absolute Gasteiger partial charge is 0.478 e. The summed E-state index contributed by atoms with van der Waals surface area (Å²) in [5.41, 5.74) is 6.54. The lowest BCUT2D eigenvalue weighted by Gasteiger charge is -2.21. The Balaban J connectivity index is 0.000000347. The van der Waals surface area contributed by atoms with Crippen LogP contribution in [0.5, 0.6) is 0 Å². The van der Waals surface area contributed by atoms with Crippen molar-refractivity contribution in [1.29, 1.82) is 0 Å². The zero-order valence-electron chi connectivity index (χ0n) is 14.5. The fraction of sp³-hybridized carbons (Fsp3) is 0.444. The molecule has 1 aliphatic rings. The Morgan fingerprint density at radius 3 is 2.16 bits per heavy atom. The molecule has 0 aliphatic carbocycles. The van der Waals surface area contributed by atoms with Crippen LogP contribution < -0.4 is 5.73 Å². The summed E-state index contributed by atoms with van der Waals surface area (Å²) < 4.78 is 10.6. The maximum absolute atomic E-state index is 9.55. The predicted octanol–water partition coefficient (Wildman–Crippen LogP) is 2.41. The van der Waals surface area contributed by atoms with Crippen molar-refractivity contribution in [3.05, 3.63) is 48.0 Å². The van der Waals surface area contributed by atoms with Crippen molar-refractivity contribution in [2.45, 2.75) is 39.0 Å². The van der Waals surface area contributed by atoms with E-state index in [1.165, 1.54) is 18.4 Å². The Labute approximate surface area is 148 Å². The van der Waals surface area contributed by atoms with Gasteiger partial charge in [0.2, 0.25) is 0 Å². The molecule has 1 aromatic rings. The van der Waals surface area contributed by atoms with Gasteiger partial charge >= 0.3 is 11.9 Å². The second-order valence-corrected chi connectivity index (χ2v) is 4.95. The minimum absolute atomic E-state index is 0.101. The number of rotatable bonds is 5. The molecule has 0 spiro atoms. The van der Waals surface area contributed by atoms with Crippen molar-refractivity contribution >= 4 is 11.9 Å². The number of aliphatic carboxylic acids is 2. The number of carbonyl (C=O) groups is 2. The van der Waals surface area contributed by atoms with Gasteiger partial charge < -0.3 is 25.4 Å². The molecule has 1 heterocycles. The molecule has 1 unspecified atom stereocenters. The number of carboxylic acids is 2. The highest BCUT2D eigenvalue weighted by atomic mass is 16.7. The Hall–Kier alpha value is -2.22. The van der Waals surface area contributed by atoms with Crippen LogP contribution in [0, 0.1) is 0 Å². The third kappa shape index (κ3) is 15.1. The highest BCUT2D eigenvalue weighted by Gasteiger charge is 2.11. The summed E-state index contributed by atoms with van der Waals surface area (Å²) in [5.74, 6) is -2.51. The molecule has 0 saturated carbocycles. The van der Waals surface area contributed by atoms with Gasteiger partial charge in [-0.05, 0) is 31.7 Å². The lowest BCUT2D eigenvalue weighted by molar-refractivity contribution is -0.159. The van der Waals surface area contributed by atoms with Crippen molar-refractivity contribution < 1.29 is 29.3 Å². The number of hydrogen-bond acceptors (Lipinski definition) is 5. The minimum Gasteiger partial charge on any atom is -0.478 e. The van der Waals surface area contributed by atoms with Crippen LogP contribution in [0.3, 0.4) is 0 Å². The van der Waals surface area contributed by atoms with Crippen molar-refractivity contribution in [2.75, 3.05) is 13.2 Å². The molecule has 4 N–H and O–H groups in total. The molecule has 1 saturated heterocycles. The SMILES string of the molecule is CCOC1CCCCO1.NCc1ccccc1.O=C(O)C=CC(=O)O. The minimum atomic E-state index is -1.26. The van der Waals surface area contributed by atoms with E-state index in [-0.39, 0.29) is 6.29 Å².